The first-order valence-corrected chi connectivity index (χ1v) is 17.3. The Morgan fingerprint density at radius 2 is 1.03 bits per heavy atom. The Labute approximate surface area is 266 Å². The normalized spacial score (nSPS) is 11.0. The van der Waals surface area contributed by atoms with E-state index in [9.17, 15) is 0 Å². The quantitative estimate of drug-likeness (QED) is 0.0449. The lowest BCUT2D eigenvalue weighted by Gasteiger charge is -2.04. The fraction of sp³-hybridized carbons (Fsp3) is 0.706. The lowest BCUT2D eigenvalue weighted by molar-refractivity contribution is -0.697. The molecule has 2 aromatic heterocycles. The lowest BCUT2D eigenvalue weighted by Crippen LogP contribution is -3.00. The molecule has 2 aromatic rings. The summed E-state index contributed by atoms with van der Waals surface area (Å²) in [6, 6.07) is 8.82. The second-order valence-corrected chi connectivity index (χ2v) is 12.2. The van der Waals surface area contributed by atoms with Crippen LogP contribution in [0.15, 0.2) is 49.1 Å². The van der Waals surface area contributed by atoms with Gasteiger partial charge in [-0.05, 0) is 60.6 Å². The van der Waals surface area contributed by atoms with Gasteiger partial charge in [-0.3, -0.25) is 4.98 Å². The molecule has 38 heavy (non-hydrogen) atoms. The minimum Gasteiger partial charge on any atom is -1.00 e. The SMILES string of the molecule is ICCCCCCCCCCCCc1ccc[n+](CCCCCCCCCCCCc2cccnc2)c1.[I-]. The van der Waals surface area contributed by atoms with Gasteiger partial charge in [0.1, 0.15) is 6.54 Å². The average Bonchev–Trinajstić information content (AvgIpc) is 2.93. The second-order valence-electron chi connectivity index (χ2n) is 11.1. The van der Waals surface area contributed by atoms with E-state index in [0.717, 1.165) is 0 Å². The highest BCUT2D eigenvalue weighted by Gasteiger charge is 2.03. The van der Waals surface area contributed by atoms with Crippen LogP contribution in [0.25, 0.3) is 0 Å². The summed E-state index contributed by atoms with van der Waals surface area (Å²) >= 11 is 2.49. The molecule has 0 amide bonds. The zero-order valence-corrected chi connectivity index (χ0v) is 28.6. The molecule has 0 aliphatic heterocycles. The van der Waals surface area contributed by atoms with Crippen molar-refractivity contribution in [2.45, 2.75) is 148 Å². The van der Waals surface area contributed by atoms with Gasteiger partial charge in [-0.1, -0.05) is 125 Å². The van der Waals surface area contributed by atoms with E-state index in [4.69, 9.17) is 0 Å². The molecule has 0 saturated heterocycles. The second kappa shape index (κ2) is 27.0. The largest absolute Gasteiger partial charge is 1.00 e. The van der Waals surface area contributed by atoms with Crippen molar-refractivity contribution >= 4 is 22.6 Å². The maximum atomic E-state index is 4.20. The van der Waals surface area contributed by atoms with Gasteiger partial charge in [0, 0.05) is 30.4 Å². The van der Waals surface area contributed by atoms with Crippen molar-refractivity contribution < 1.29 is 28.5 Å². The Hall–Kier alpha value is -0.240. The van der Waals surface area contributed by atoms with Crippen molar-refractivity contribution in [2.24, 2.45) is 0 Å². The van der Waals surface area contributed by atoms with Gasteiger partial charge in [0.2, 0.25) is 0 Å². The first kappa shape index (κ1) is 35.8. The van der Waals surface area contributed by atoms with Crippen LogP contribution >= 0.6 is 22.6 Å². The van der Waals surface area contributed by atoms with E-state index in [1.54, 1.807) is 0 Å². The number of pyridine rings is 2. The first-order chi connectivity index (χ1) is 18.4. The van der Waals surface area contributed by atoms with Crippen LogP contribution in [0, 0.1) is 0 Å². The fourth-order valence-electron chi connectivity index (χ4n) is 5.28. The summed E-state index contributed by atoms with van der Waals surface area (Å²) < 4.78 is 3.76. The Morgan fingerprint density at radius 1 is 0.553 bits per heavy atom. The Kier molecular flexibility index (Phi) is 25.4. The molecule has 0 N–H and O–H groups in total. The van der Waals surface area contributed by atoms with E-state index in [-0.39, 0.29) is 24.0 Å². The predicted molar refractivity (Wildman–Crippen MR) is 170 cm³/mol. The Morgan fingerprint density at radius 3 is 1.55 bits per heavy atom. The number of halogens is 2. The molecule has 2 nitrogen and oxygen atoms in total. The summed E-state index contributed by atoms with van der Waals surface area (Å²) in [6.45, 7) is 1.18. The van der Waals surface area contributed by atoms with Crippen LogP contribution < -0.4 is 28.5 Å². The van der Waals surface area contributed by atoms with Gasteiger partial charge in [-0.15, -0.1) is 0 Å². The standard InChI is InChI=1S/C34H56IN2.HI/c35-27-19-15-11-7-3-1-6-10-14-18-24-34-26-22-30-37(32-34)29-20-16-12-8-4-2-5-9-13-17-23-33-25-21-28-36-31-33;/h21-22,25-26,28,30-32H,1-20,23-24,27,29H2;1H/q+1;/p-1. The Bertz CT molecular complexity index is 753. The number of hydrogen-bond donors (Lipinski definition) is 0. The smallest absolute Gasteiger partial charge is 0.171 e. The van der Waals surface area contributed by atoms with Crippen molar-refractivity contribution in [1.82, 2.24) is 4.98 Å². The van der Waals surface area contributed by atoms with E-state index >= 15 is 0 Å². The van der Waals surface area contributed by atoms with Crippen LogP contribution in [-0.2, 0) is 19.4 Å². The van der Waals surface area contributed by atoms with E-state index in [0.29, 0.717) is 0 Å². The van der Waals surface area contributed by atoms with Gasteiger partial charge < -0.3 is 24.0 Å². The van der Waals surface area contributed by atoms with Gasteiger partial charge >= 0.3 is 0 Å². The van der Waals surface area contributed by atoms with E-state index in [1.165, 1.54) is 163 Å². The highest BCUT2D eigenvalue weighted by Crippen LogP contribution is 2.14. The van der Waals surface area contributed by atoms with Crippen LogP contribution in [0.1, 0.15) is 140 Å². The highest BCUT2D eigenvalue weighted by molar-refractivity contribution is 14.1. The molecule has 2 rings (SSSR count). The van der Waals surface area contributed by atoms with Crippen molar-refractivity contribution in [3.05, 3.63) is 60.2 Å². The molecule has 0 spiro atoms. The number of unbranched alkanes of at least 4 members (excludes halogenated alkanes) is 18. The molecule has 0 fully saturated rings. The predicted octanol–water partition coefficient (Wildman–Crippen LogP) is 7.40. The monoisotopic (exact) mass is 746 g/mol. The number of alkyl halides is 1. The summed E-state index contributed by atoms with van der Waals surface area (Å²) in [4.78, 5) is 4.20. The molecule has 0 aliphatic carbocycles. The van der Waals surface area contributed by atoms with Crippen LogP contribution in [0.2, 0.25) is 0 Å². The molecule has 0 saturated carbocycles. The molecular weight excluding hydrogens is 690 g/mol. The Balaban J connectivity index is 0.00000722. The van der Waals surface area contributed by atoms with E-state index in [2.05, 4.69) is 62.7 Å². The minimum absolute atomic E-state index is 0. The van der Waals surface area contributed by atoms with Crippen molar-refractivity contribution in [2.75, 3.05) is 4.43 Å². The minimum atomic E-state index is 0. The van der Waals surface area contributed by atoms with Crippen LogP contribution in [-0.4, -0.2) is 9.41 Å². The molecule has 0 atom stereocenters. The first-order valence-electron chi connectivity index (χ1n) is 15.8. The van der Waals surface area contributed by atoms with Crippen molar-refractivity contribution in [1.29, 1.82) is 0 Å². The highest BCUT2D eigenvalue weighted by atomic mass is 127. The van der Waals surface area contributed by atoms with E-state index in [1.807, 2.05) is 18.5 Å². The van der Waals surface area contributed by atoms with Crippen LogP contribution in [0.5, 0.6) is 0 Å². The van der Waals surface area contributed by atoms with Gasteiger partial charge in [0.25, 0.3) is 0 Å². The summed E-state index contributed by atoms with van der Waals surface area (Å²) in [7, 11) is 0. The molecule has 0 bridgehead atoms. The molecule has 4 heteroatoms. The zero-order chi connectivity index (χ0) is 26.1. The third kappa shape index (κ3) is 20.6. The zero-order valence-electron chi connectivity index (χ0n) is 24.2. The summed E-state index contributed by atoms with van der Waals surface area (Å²) in [5.74, 6) is 0. The van der Waals surface area contributed by atoms with Gasteiger partial charge in [-0.25, -0.2) is 4.57 Å². The molecular formula is C34H56I2N2. The summed E-state index contributed by atoms with van der Waals surface area (Å²) in [5.41, 5.74) is 2.91. The number of rotatable bonds is 25. The third-order valence-corrected chi connectivity index (χ3v) is 8.39. The summed E-state index contributed by atoms with van der Waals surface area (Å²) in [6.07, 6.45) is 39.1. The lowest BCUT2D eigenvalue weighted by atomic mass is 10.0. The molecule has 216 valence electrons. The van der Waals surface area contributed by atoms with Crippen LogP contribution in [0.3, 0.4) is 0 Å². The fourth-order valence-corrected chi connectivity index (χ4v) is 5.82. The van der Waals surface area contributed by atoms with Gasteiger partial charge in [0.15, 0.2) is 12.4 Å². The third-order valence-electron chi connectivity index (χ3n) is 7.62. The van der Waals surface area contributed by atoms with Crippen molar-refractivity contribution in [3.8, 4) is 0 Å². The van der Waals surface area contributed by atoms with Crippen molar-refractivity contribution in [3.63, 3.8) is 0 Å². The number of nitrogens with zero attached hydrogens (tertiary/aromatic N) is 2. The molecule has 2 heterocycles. The topological polar surface area (TPSA) is 16.8 Å². The number of aryl methyl sites for hydroxylation is 3. The summed E-state index contributed by atoms with van der Waals surface area (Å²) in [5, 5.41) is 0. The van der Waals surface area contributed by atoms with Crippen LogP contribution in [0.4, 0.5) is 0 Å². The molecule has 0 radical (unpaired) electrons. The maximum absolute atomic E-state index is 4.20. The van der Waals surface area contributed by atoms with Gasteiger partial charge in [-0.2, -0.15) is 0 Å². The number of aromatic nitrogens is 2. The maximum Gasteiger partial charge on any atom is 0.171 e. The number of hydrogen-bond acceptors (Lipinski definition) is 1. The average molecular weight is 747 g/mol. The molecule has 0 unspecified atom stereocenters. The van der Waals surface area contributed by atoms with Gasteiger partial charge in [0.05, 0.1) is 0 Å². The van der Waals surface area contributed by atoms with E-state index < -0.39 is 0 Å². The molecule has 0 aromatic carbocycles. The molecule has 0 aliphatic rings.